The minimum atomic E-state index is 0.401. The van der Waals surface area contributed by atoms with Crippen LogP contribution in [0, 0.1) is 5.41 Å². The van der Waals surface area contributed by atoms with E-state index in [-0.39, 0.29) is 0 Å². The Morgan fingerprint density at radius 2 is 2.08 bits per heavy atom. The summed E-state index contributed by atoms with van der Waals surface area (Å²) in [6.07, 6.45) is 2.60. The molecule has 2 saturated heterocycles. The standard InChI is InChI=1S/C10H19NO2/c1-10(6-11-7-10)8-13-9-2-4-12-5-3-9/h9,11H,2-8H2,1H3. The maximum atomic E-state index is 5.87. The van der Waals surface area contributed by atoms with Crippen LogP contribution in [0.1, 0.15) is 19.8 Å². The van der Waals surface area contributed by atoms with Crippen LogP contribution in [0.5, 0.6) is 0 Å². The summed E-state index contributed by atoms with van der Waals surface area (Å²) in [6, 6.07) is 0. The van der Waals surface area contributed by atoms with Gasteiger partial charge < -0.3 is 14.8 Å². The second-order valence-corrected chi connectivity index (χ2v) is 4.54. The average Bonchev–Trinajstić information content (AvgIpc) is 2.13. The Labute approximate surface area is 79.8 Å². The number of hydrogen-bond donors (Lipinski definition) is 1. The zero-order valence-electron chi connectivity index (χ0n) is 8.34. The topological polar surface area (TPSA) is 30.5 Å². The molecule has 0 saturated carbocycles. The summed E-state index contributed by atoms with van der Waals surface area (Å²) < 4.78 is 11.1. The lowest BCUT2D eigenvalue weighted by molar-refractivity contribution is -0.0689. The quantitative estimate of drug-likeness (QED) is 0.705. The predicted octanol–water partition coefficient (Wildman–Crippen LogP) is 0.791. The summed E-state index contributed by atoms with van der Waals surface area (Å²) in [4.78, 5) is 0. The van der Waals surface area contributed by atoms with Crippen LogP contribution in [-0.2, 0) is 9.47 Å². The Morgan fingerprint density at radius 3 is 2.62 bits per heavy atom. The highest BCUT2D eigenvalue weighted by Crippen LogP contribution is 2.23. The van der Waals surface area contributed by atoms with Gasteiger partial charge in [0.2, 0.25) is 0 Å². The van der Waals surface area contributed by atoms with Crippen LogP contribution in [0.25, 0.3) is 0 Å². The molecular formula is C10H19NO2. The van der Waals surface area contributed by atoms with Crippen LogP contribution in [-0.4, -0.2) is 39.0 Å². The highest BCUT2D eigenvalue weighted by atomic mass is 16.5. The first-order valence-electron chi connectivity index (χ1n) is 5.19. The van der Waals surface area contributed by atoms with Crippen molar-refractivity contribution in [1.29, 1.82) is 0 Å². The smallest absolute Gasteiger partial charge is 0.0619 e. The van der Waals surface area contributed by atoms with Gasteiger partial charge in [-0.3, -0.25) is 0 Å². The normalized spacial score (nSPS) is 28.4. The zero-order valence-corrected chi connectivity index (χ0v) is 8.34. The molecule has 13 heavy (non-hydrogen) atoms. The zero-order chi connectivity index (χ0) is 9.15. The molecule has 0 spiro atoms. The summed E-state index contributed by atoms with van der Waals surface area (Å²) in [5, 5.41) is 3.28. The van der Waals surface area contributed by atoms with Crippen LogP contribution < -0.4 is 5.32 Å². The van der Waals surface area contributed by atoms with Crippen LogP contribution in [0.3, 0.4) is 0 Å². The van der Waals surface area contributed by atoms with Crippen molar-refractivity contribution in [3.05, 3.63) is 0 Å². The van der Waals surface area contributed by atoms with E-state index in [0.717, 1.165) is 45.8 Å². The van der Waals surface area contributed by atoms with Crippen molar-refractivity contribution >= 4 is 0 Å². The first-order chi connectivity index (χ1) is 6.29. The van der Waals surface area contributed by atoms with Crippen molar-refractivity contribution in [3.63, 3.8) is 0 Å². The second-order valence-electron chi connectivity index (χ2n) is 4.54. The van der Waals surface area contributed by atoms with Crippen molar-refractivity contribution < 1.29 is 9.47 Å². The Balaban J connectivity index is 1.66. The first-order valence-corrected chi connectivity index (χ1v) is 5.19. The van der Waals surface area contributed by atoms with Gasteiger partial charge in [0.15, 0.2) is 0 Å². The van der Waals surface area contributed by atoms with E-state index in [1.165, 1.54) is 0 Å². The Bertz CT molecular complexity index is 162. The van der Waals surface area contributed by atoms with Crippen molar-refractivity contribution in [2.75, 3.05) is 32.9 Å². The molecule has 2 fully saturated rings. The molecular weight excluding hydrogens is 166 g/mol. The molecule has 2 aliphatic heterocycles. The first kappa shape index (κ1) is 9.44. The third kappa shape index (κ3) is 2.42. The monoisotopic (exact) mass is 185 g/mol. The third-order valence-corrected chi connectivity index (χ3v) is 2.94. The van der Waals surface area contributed by atoms with Gasteiger partial charge in [0.25, 0.3) is 0 Å². The van der Waals surface area contributed by atoms with Crippen molar-refractivity contribution in [1.82, 2.24) is 5.32 Å². The molecule has 76 valence electrons. The highest BCUT2D eigenvalue weighted by molar-refractivity contribution is 4.88. The van der Waals surface area contributed by atoms with Gasteiger partial charge >= 0.3 is 0 Å². The summed E-state index contributed by atoms with van der Waals surface area (Å²) in [6.45, 7) is 7.15. The molecule has 0 aromatic rings. The highest BCUT2D eigenvalue weighted by Gasteiger charge is 2.32. The molecule has 2 rings (SSSR count). The SMILES string of the molecule is CC1(COC2CCOCC2)CNC1. The fraction of sp³-hybridized carbons (Fsp3) is 1.00. The molecule has 0 amide bonds. The van der Waals surface area contributed by atoms with Gasteiger partial charge in [-0.2, -0.15) is 0 Å². The van der Waals surface area contributed by atoms with Gasteiger partial charge in [-0.05, 0) is 12.8 Å². The lowest BCUT2D eigenvalue weighted by atomic mass is 9.85. The summed E-state index contributed by atoms with van der Waals surface area (Å²) in [5.74, 6) is 0. The van der Waals surface area contributed by atoms with E-state index in [9.17, 15) is 0 Å². The summed E-state index contributed by atoms with van der Waals surface area (Å²) in [7, 11) is 0. The van der Waals surface area contributed by atoms with E-state index in [0.29, 0.717) is 11.5 Å². The van der Waals surface area contributed by atoms with Gasteiger partial charge in [0.05, 0.1) is 12.7 Å². The van der Waals surface area contributed by atoms with Gasteiger partial charge in [-0.25, -0.2) is 0 Å². The number of rotatable bonds is 3. The number of hydrogen-bond acceptors (Lipinski definition) is 3. The van der Waals surface area contributed by atoms with E-state index in [1.807, 2.05) is 0 Å². The Hall–Kier alpha value is -0.120. The van der Waals surface area contributed by atoms with Gasteiger partial charge in [-0.1, -0.05) is 6.92 Å². The molecule has 0 aromatic heterocycles. The Morgan fingerprint density at radius 1 is 1.38 bits per heavy atom. The number of ether oxygens (including phenoxy) is 2. The molecule has 0 atom stereocenters. The van der Waals surface area contributed by atoms with Crippen molar-refractivity contribution in [2.45, 2.75) is 25.9 Å². The van der Waals surface area contributed by atoms with E-state index < -0.39 is 0 Å². The fourth-order valence-corrected chi connectivity index (χ4v) is 1.82. The maximum Gasteiger partial charge on any atom is 0.0619 e. The van der Waals surface area contributed by atoms with Crippen LogP contribution in [0.4, 0.5) is 0 Å². The van der Waals surface area contributed by atoms with E-state index in [4.69, 9.17) is 9.47 Å². The molecule has 3 nitrogen and oxygen atoms in total. The molecule has 0 aromatic carbocycles. The van der Waals surface area contributed by atoms with Crippen LogP contribution >= 0.6 is 0 Å². The van der Waals surface area contributed by atoms with Crippen molar-refractivity contribution in [3.8, 4) is 0 Å². The largest absolute Gasteiger partial charge is 0.381 e. The lowest BCUT2D eigenvalue weighted by Gasteiger charge is -2.40. The molecule has 0 unspecified atom stereocenters. The maximum absolute atomic E-state index is 5.87. The summed E-state index contributed by atoms with van der Waals surface area (Å²) in [5.41, 5.74) is 0.401. The molecule has 0 aliphatic carbocycles. The minimum Gasteiger partial charge on any atom is -0.381 e. The molecule has 2 aliphatic rings. The van der Waals surface area contributed by atoms with E-state index in [1.54, 1.807) is 0 Å². The van der Waals surface area contributed by atoms with Gasteiger partial charge in [0.1, 0.15) is 0 Å². The molecule has 3 heteroatoms. The molecule has 0 bridgehead atoms. The second kappa shape index (κ2) is 3.95. The fourth-order valence-electron chi connectivity index (χ4n) is 1.82. The van der Waals surface area contributed by atoms with Gasteiger partial charge in [0, 0.05) is 31.7 Å². The Kier molecular flexibility index (Phi) is 2.86. The summed E-state index contributed by atoms with van der Waals surface area (Å²) >= 11 is 0. The van der Waals surface area contributed by atoms with Gasteiger partial charge in [-0.15, -0.1) is 0 Å². The third-order valence-electron chi connectivity index (χ3n) is 2.94. The number of nitrogens with one attached hydrogen (secondary N) is 1. The van der Waals surface area contributed by atoms with E-state index in [2.05, 4.69) is 12.2 Å². The molecule has 1 N–H and O–H groups in total. The van der Waals surface area contributed by atoms with Crippen molar-refractivity contribution in [2.24, 2.45) is 5.41 Å². The van der Waals surface area contributed by atoms with Crippen LogP contribution in [0.2, 0.25) is 0 Å². The average molecular weight is 185 g/mol. The minimum absolute atomic E-state index is 0.401. The molecule has 0 radical (unpaired) electrons. The predicted molar refractivity (Wildman–Crippen MR) is 50.8 cm³/mol. The molecule has 2 heterocycles. The lowest BCUT2D eigenvalue weighted by Crippen LogP contribution is -2.54. The van der Waals surface area contributed by atoms with Crippen LogP contribution in [0.15, 0.2) is 0 Å². The van der Waals surface area contributed by atoms with E-state index >= 15 is 0 Å².